The maximum absolute atomic E-state index is 13.6. The quantitative estimate of drug-likeness (QED) is 0.584. The van der Waals surface area contributed by atoms with Gasteiger partial charge in [0.2, 0.25) is 0 Å². The van der Waals surface area contributed by atoms with E-state index < -0.39 is 0 Å². The molecule has 0 radical (unpaired) electrons. The Morgan fingerprint density at radius 1 is 1.16 bits per heavy atom. The van der Waals surface area contributed by atoms with Gasteiger partial charge in [-0.05, 0) is 35.7 Å². The van der Waals surface area contributed by atoms with E-state index in [-0.39, 0.29) is 12.4 Å². The van der Waals surface area contributed by atoms with Crippen LogP contribution in [0.5, 0.6) is 0 Å². The Labute approximate surface area is 153 Å². The number of halogens is 2. The number of ether oxygens (including phenoxy) is 1. The normalized spacial score (nSPS) is 11.4. The van der Waals surface area contributed by atoms with Gasteiger partial charge in [0.05, 0.1) is 6.61 Å². The van der Waals surface area contributed by atoms with E-state index in [0.29, 0.717) is 24.6 Å². The van der Waals surface area contributed by atoms with Crippen molar-refractivity contribution in [2.45, 2.75) is 19.6 Å². The summed E-state index contributed by atoms with van der Waals surface area (Å²) in [6.45, 7) is 1.51. The molecule has 0 bridgehead atoms. The van der Waals surface area contributed by atoms with Gasteiger partial charge in [-0.2, -0.15) is 0 Å². The van der Waals surface area contributed by atoms with Crippen molar-refractivity contribution >= 4 is 17.6 Å². The first-order valence-electron chi connectivity index (χ1n) is 8.08. The first kappa shape index (κ1) is 19.2. The van der Waals surface area contributed by atoms with Gasteiger partial charge in [-0.15, -0.1) is 0 Å². The molecule has 0 heterocycles. The first-order chi connectivity index (χ1) is 12.1. The minimum absolute atomic E-state index is 0.254. The van der Waals surface area contributed by atoms with E-state index in [2.05, 4.69) is 15.6 Å². The molecular weight excluding hydrogens is 341 g/mol. The maximum Gasteiger partial charge on any atom is 0.191 e. The molecule has 2 N–H and O–H groups in total. The molecule has 0 aliphatic heterocycles. The van der Waals surface area contributed by atoms with Crippen molar-refractivity contribution in [3.63, 3.8) is 0 Å². The van der Waals surface area contributed by atoms with E-state index in [1.54, 1.807) is 26.3 Å². The van der Waals surface area contributed by atoms with Crippen LogP contribution in [0.2, 0.25) is 5.02 Å². The topological polar surface area (TPSA) is 45.7 Å². The zero-order valence-electron chi connectivity index (χ0n) is 14.5. The van der Waals surface area contributed by atoms with Gasteiger partial charge in [0.15, 0.2) is 5.96 Å². The van der Waals surface area contributed by atoms with Gasteiger partial charge in [-0.25, -0.2) is 4.39 Å². The highest BCUT2D eigenvalue weighted by Gasteiger charge is 2.05. The average Bonchev–Trinajstić information content (AvgIpc) is 2.62. The Morgan fingerprint density at radius 3 is 2.68 bits per heavy atom. The summed E-state index contributed by atoms with van der Waals surface area (Å²) in [5.74, 6) is 0.428. The van der Waals surface area contributed by atoms with E-state index in [9.17, 15) is 4.39 Å². The predicted octanol–water partition coefficient (Wildman–Crippen LogP) is 3.53. The average molecular weight is 364 g/mol. The van der Waals surface area contributed by atoms with Crippen LogP contribution in [0.3, 0.4) is 0 Å². The maximum atomic E-state index is 13.6. The second-order valence-electron chi connectivity index (χ2n) is 5.55. The molecule has 4 nitrogen and oxygen atoms in total. The summed E-state index contributed by atoms with van der Waals surface area (Å²) in [7, 11) is 3.26. The lowest BCUT2D eigenvalue weighted by atomic mass is 10.1. The molecule has 6 heteroatoms. The van der Waals surface area contributed by atoms with Gasteiger partial charge in [0.1, 0.15) is 5.82 Å². The third-order valence-electron chi connectivity index (χ3n) is 3.74. The van der Waals surface area contributed by atoms with E-state index in [1.807, 2.05) is 24.3 Å². The zero-order chi connectivity index (χ0) is 18.1. The lowest BCUT2D eigenvalue weighted by molar-refractivity contribution is 0.181. The molecule has 0 fully saturated rings. The molecule has 2 aromatic carbocycles. The van der Waals surface area contributed by atoms with Crippen molar-refractivity contribution in [3.05, 3.63) is 70.0 Å². The van der Waals surface area contributed by atoms with Crippen LogP contribution < -0.4 is 10.6 Å². The van der Waals surface area contributed by atoms with Crippen LogP contribution in [-0.4, -0.2) is 26.7 Å². The second kappa shape index (κ2) is 10.0. The minimum atomic E-state index is -0.257. The molecule has 0 saturated heterocycles. The molecule has 0 aromatic heterocycles. The molecular formula is C19H23ClFN3O. The zero-order valence-corrected chi connectivity index (χ0v) is 15.2. The molecule has 0 aliphatic carbocycles. The van der Waals surface area contributed by atoms with Gasteiger partial charge < -0.3 is 15.4 Å². The number of nitrogens with zero attached hydrogens (tertiary/aromatic N) is 1. The summed E-state index contributed by atoms with van der Waals surface area (Å²) < 4.78 is 18.6. The fourth-order valence-corrected chi connectivity index (χ4v) is 2.66. The van der Waals surface area contributed by atoms with Crippen molar-refractivity contribution in [2.24, 2.45) is 4.99 Å². The third-order valence-corrected chi connectivity index (χ3v) is 4.11. The number of hydrogen-bond donors (Lipinski definition) is 2. The first-order valence-corrected chi connectivity index (χ1v) is 8.46. The number of hydrogen-bond acceptors (Lipinski definition) is 2. The highest BCUT2D eigenvalue weighted by atomic mass is 35.5. The van der Waals surface area contributed by atoms with E-state index in [4.69, 9.17) is 16.3 Å². The van der Waals surface area contributed by atoms with Crippen molar-refractivity contribution in [2.75, 3.05) is 20.7 Å². The van der Waals surface area contributed by atoms with Gasteiger partial charge in [-0.3, -0.25) is 4.99 Å². The van der Waals surface area contributed by atoms with Crippen LogP contribution >= 0.6 is 11.6 Å². The van der Waals surface area contributed by atoms with Gasteiger partial charge in [-0.1, -0.05) is 35.9 Å². The Morgan fingerprint density at radius 2 is 1.96 bits per heavy atom. The van der Waals surface area contributed by atoms with Crippen LogP contribution in [0.15, 0.2) is 47.5 Å². The number of rotatable bonds is 7. The summed E-state index contributed by atoms with van der Waals surface area (Å²) in [6, 6.07) is 12.8. The van der Waals surface area contributed by atoms with Crippen LogP contribution in [0.25, 0.3) is 0 Å². The van der Waals surface area contributed by atoms with E-state index in [0.717, 1.165) is 22.6 Å². The fourth-order valence-electron chi connectivity index (χ4n) is 2.43. The minimum Gasteiger partial charge on any atom is -0.380 e. The Kier molecular flexibility index (Phi) is 7.70. The van der Waals surface area contributed by atoms with Crippen LogP contribution in [-0.2, 0) is 24.3 Å². The van der Waals surface area contributed by atoms with Crippen molar-refractivity contribution in [3.8, 4) is 0 Å². The summed E-state index contributed by atoms with van der Waals surface area (Å²) in [4.78, 5) is 4.20. The molecule has 0 saturated carbocycles. The smallest absolute Gasteiger partial charge is 0.191 e. The number of guanidine groups is 1. The van der Waals surface area contributed by atoms with Crippen LogP contribution in [0, 0.1) is 5.82 Å². The van der Waals surface area contributed by atoms with Crippen LogP contribution in [0.1, 0.15) is 16.7 Å². The Balaban J connectivity index is 1.84. The monoisotopic (exact) mass is 363 g/mol. The second-order valence-corrected chi connectivity index (χ2v) is 5.96. The Bertz CT molecular complexity index is 722. The van der Waals surface area contributed by atoms with Crippen molar-refractivity contribution in [1.29, 1.82) is 0 Å². The summed E-state index contributed by atoms with van der Waals surface area (Å²) in [6.07, 6.45) is 0.801. The number of aliphatic imine (C=N–C) groups is 1. The van der Waals surface area contributed by atoms with Gasteiger partial charge in [0.25, 0.3) is 0 Å². The lowest BCUT2D eigenvalue weighted by Gasteiger charge is -2.13. The third kappa shape index (κ3) is 6.03. The molecule has 0 amide bonds. The van der Waals surface area contributed by atoms with Crippen molar-refractivity contribution < 1.29 is 9.13 Å². The van der Waals surface area contributed by atoms with Crippen LogP contribution in [0.4, 0.5) is 4.39 Å². The molecule has 0 spiro atoms. The van der Waals surface area contributed by atoms with Gasteiger partial charge >= 0.3 is 0 Å². The molecule has 134 valence electrons. The van der Waals surface area contributed by atoms with E-state index in [1.165, 1.54) is 6.07 Å². The number of methoxy groups -OCH3 is 1. The number of benzene rings is 2. The molecule has 0 unspecified atom stereocenters. The molecule has 0 atom stereocenters. The largest absolute Gasteiger partial charge is 0.380 e. The molecule has 2 rings (SSSR count). The summed E-state index contributed by atoms with van der Waals surface area (Å²) in [5, 5.41) is 7.23. The van der Waals surface area contributed by atoms with Crippen molar-refractivity contribution in [1.82, 2.24) is 10.6 Å². The Hall–Kier alpha value is -2.11. The van der Waals surface area contributed by atoms with Gasteiger partial charge in [0, 0.05) is 37.8 Å². The standard InChI is InChI=1S/C19H23ClFN3O/c1-22-19(23-10-9-15-5-3-4-6-17(15)20)24-12-14-7-8-18(21)16(11-14)13-25-2/h3-8,11H,9-10,12-13H2,1-2H3,(H2,22,23,24). The summed E-state index contributed by atoms with van der Waals surface area (Å²) >= 11 is 6.15. The molecule has 0 aliphatic rings. The number of nitrogens with one attached hydrogen (secondary N) is 2. The lowest BCUT2D eigenvalue weighted by Crippen LogP contribution is -2.37. The predicted molar refractivity (Wildman–Crippen MR) is 100 cm³/mol. The SMILES string of the molecule is CN=C(NCCc1ccccc1Cl)NCc1ccc(F)c(COC)c1. The highest BCUT2D eigenvalue weighted by Crippen LogP contribution is 2.15. The van der Waals surface area contributed by atoms with E-state index >= 15 is 0 Å². The summed E-state index contributed by atoms with van der Waals surface area (Å²) in [5.41, 5.74) is 2.60. The fraction of sp³-hybridized carbons (Fsp3) is 0.316. The highest BCUT2D eigenvalue weighted by molar-refractivity contribution is 6.31. The molecule has 2 aromatic rings. The molecule has 25 heavy (non-hydrogen) atoms.